The van der Waals surface area contributed by atoms with Gasteiger partial charge in [0.15, 0.2) is 11.6 Å². The van der Waals surface area contributed by atoms with Crippen molar-refractivity contribution in [1.82, 2.24) is 9.78 Å². The maximum Gasteiger partial charge on any atom is 0.292 e. The molecular formula is C23H20BrN3O3. The van der Waals surface area contributed by atoms with Crippen LogP contribution in [0.25, 0.3) is 0 Å². The lowest BCUT2D eigenvalue weighted by Gasteiger charge is -2.04. The van der Waals surface area contributed by atoms with Crippen LogP contribution in [0, 0.1) is 6.92 Å². The molecule has 6 nitrogen and oxygen atoms in total. The van der Waals surface area contributed by atoms with E-state index in [9.17, 15) is 4.79 Å². The summed E-state index contributed by atoms with van der Waals surface area (Å²) in [4.78, 5) is 12.4. The van der Waals surface area contributed by atoms with Crippen LogP contribution in [0.15, 0.2) is 81.8 Å². The number of nitrogens with zero attached hydrogens (tertiary/aromatic N) is 2. The molecule has 0 saturated carbocycles. The highest BCUT2D eigenvalue weighted by molar-refractivity contribution is 9.10. The summed E-state index contributed by atoms with van der Waals surface area (Å²) in [5.74, 6) is 1.60. The van der Waals surface area contributed by atoms with Gasteiger partial charge in [0.25, 0.3) is 5.91 Å². The van der Waals surface area contributed by atoms with E-state index >= 15 is 0 Å². The quantitative estimate of drug-likeness (QED) is 0.395. The SMILES string of the molecule is Cc1ccc(Cn2ccc(NC(=O)c3ccc(COc4ccc(Br)cc4)o3)n2)cc1. The number of nitrogens with one attached hydrogen (secondary N) is 1. The molecule has 7 heteroatoms. The molecule has 0 bridgehead atoms. The van der Waals surface area contributed by atoms with Gasteiger partial charge in [-0.1, -0.05) is 45.8 Å². The van der Waals surface area contributed by atoms with Crippen LogP contribution in [-0.2, 0) is 13.2 Å². The Bertz CT molecular complexity index is 1130. The third kappa shape index (κ3) is 5.18. The highest BCUT2D eigenvalue weighted by Gasteiger charge is 2.13. The second kappa shape index (κ2) is 9.00. The molecule has 2 aromatic carbocycles. The third-order valence-electron chi connectivity index (χ3n) is 4.43. The second-order valence-corrected chi connectivity index (χ2v) is 7.76. The summed E-state index contributed by atoms with van der Waals surface area (Å²) in [6, 6.07) is 20.9. The Labute approximate surface area is 182 Å². The summed E-state index contributed by atoms with van der Waals surface area (Å²) in [6.07, 6.45) is 1.83. The van der Waals surface area contributed by atoms with Gasteiger partial charge in [0.1, 0.15) is 18.1 Å². The van der Waals surface area contributed by atoms with Crippen molar-refractivity contribution in [3.8, 4) is 5.75 Å². The fourth-order valence-corrected chi connectivity index (χ4v) is 3.10. The fraction of sp³-hybridized carbons (Fsp3) is 0.130. The summed E-state index contributed by atoms with van der Waals surface area (Å²) in [6.45, 7) is 2.92. The highest BCUT2D eigenvalue weighted by atomic mass is 79.9. The Kier molecular flexibility index (Phi) is 5.99. The maximum atomic E-state index is 12.4. The van der Waals surface area contributed by atoms with Gasteiger partial charge < -0.3 is 14.5 Å². The molecule has 152 valence electrons. The lowest BCUT2D eigenvalue weighted by molar-refractivity contribution is 0.0992. The second-order valence-electron chi connectivity index (χ2n) is 6.85. The third-order valence-corrected chi connectivity index (χ3v) is 4.96. The highest BCUT2D eigenvalue weighted by Crippen LogP contribution is 2.18. The van der Waals surface area contributed by atoms with Crippen molar-refractivity contribution in [2.24, 2.45) is 0 Å². The maximum absolute atomic E-state index is 12.4. The van der Waals surface area contributed by atoms with E-state index in [1.165, 1.54) is 5.56 Å². The monoisotopic (exact) mass is 465 g/mol. The molecule has 0 spiro atoms. The number of furan rings is 1. The van der Waals surface area contributed by atoms with Crippen LogP contribution in [0.4, 0.5) is 5.82 Å². The first-order valence-electron chi connectivity index (χ1n) is 9.42. The van der Waals surface area contributed by atoms with Gasteiger partial charge in [-0.25, -0.2) is 0 Å². The smallest absolute Gasteiger partial charge is 0.292 e. The molecule has 0 fully saturated rings. The first-order valence-corrected chi connectivity index (χ1v) is 10.2. The number of aromatic nitrogens is 2. The molecule has 2 aromatic heterocycles. The number of ether oxygens (including phenoxy) is 1. The number of amides is 1. The average molecular weight is 466 g/mol. The van der Waals surface area contributed by atoms with E-state index in [0.717, 1.165) is 15.8 Å². The van der Waals surface area contributed by atoms with Gasteiger partial charge >= 0.3 is 0 Å². The van der Waals surface area contributed by atoms with E-state index in [2.05, 4.69) is 57.5 Å². The zero-order valence-electron chi connectivity index (χ0n) is 16.3. The van der Waals surface area contributed by atoms with E-state index in [-0.39, 0.29) is 18.3 Å². The number of halogens is 1. The standard InChI is InChI=1S/C23H20BrN3O3/c1-16-2-4-17(5-3-16)14-27-13-12-22(26-27)25-23(28)21-11-10-20(30-21)15-29-19-8-6-18(24)7-9-19/h2-13H,14-15H2,1H3,(H,25,26,28). The first kappa shape index (κ1) is 20.0. The Morgan fingerprint density at radius 2 is 1.83 bits per heavy atom. The van der Waals surface area contributed by atoms with Crippen molar-refractivity contribution in [2.45, 2.75) is 20.1 Å². The van der Waals surface area contributed by atoms with Gasteiger partial charge in [0.2, 0.25) is 0 Å². The van der Waals surface area contributed by atoms with Crippen LogP contribution in [0.5, 0.6) is 5.75 Å². The minimum Gasteiger partial charge on any atom is -0.486 e. The summed E-state index contributed by atoms with van der Waals surface area (Å²) < 4.78 is 14.0. The predicted octanol–water partition coefficient (Wildman–Crippen LogP) is 5.43. The number of rotatable bonds is 7. The van der Waals surface area contributed by atoms with Gasteiger partial charge in [0.05, 0.1) is 6.54 Å². The number of carbonyl (C=O) groups is 1. The van der Waals surface area contributed by atoms with Gasteiger partial charge in [-0.15, -0.1) is 0 Å². The number of benzene rings is 2. The van der Waals surface area contributed by atoms with Crippen molar-refractivity contribution in [3.05, 3.63) is 100 Å². The van der Waals surface area contributed by atoms with Crippen LogP contribution in [-0.4, -0.2) is 15.7 Å². The molecule has 4 rings (SSSR count). The van der Waals surface area contributed by atoms with Gasteiger partial charge in [0, 0.05) is 16.7 Å². The number of aryl methyl sites for hydroxylation is 1. The van der Waals surface area contributed by atoms with E-state index in [1.54, 1.807) is 22.9 Å². The van der Waals surface area contributed by atoms with Crippen LogP contribution in [0.3, 0.4) is 0 Å². The number of carbonyl (C=O) groups excluding carboxylic acids is 1. The summed E-state index contributed by atoms with van der Waals surface area (Å²) in [5.41, 5.74) is 2.36. The van der Waals surface area contributed by atoms with Crippen molar-refractivity contribution >= 4 is 27.7 Å². The Morgan fingerprint density at radius 1 is 1.07 bits per heavy atom. The Hall–Kier alpha value is -3.32. The zero-order chi connectivity index (χ0) is 20.9. The van der Waals surface area contributed by atoms with Crippen LogP contribution >= 0.6 is 15.9 Å². The van der Waals surface area contributed by atoms with E-state index in [1.807, 2.05) is 30.5 Å². The zero-order valence-corrected chi connectivity index (χ0v) is 17.9. The molecule has 2 heterocycles. The van der Waals surface area contributed by atoms with Crippen molar-refractivity contribution in [3.63, 3.8) is 0 Å². The molecule has 0 atom stereocenters. The van der Waals surface area contributed by atoms with Crippen molar-refractivity contribution < 1.29 is 13.9 Å². The number of hydrogen-bond acceptors (Lipinski definition) is 4. The molecule has 1 N–H and O–H groups in total. The van der Waals surface area contributed by atoms with Crippen molar-refractivity contribution in [1.29, 1.82) is 0 Å². The minimum absolute atomic E-state index is 0.206. The van der Waals surface area contributed by atoms with Gasteiger partial charge in [-0.05, 0) is 48.9 Å². The van der Waals surface area contributed by atoms with Gasteiger partial charge in [-0.3, -0.25) is 9.48 Å². The van der Waals surface area contributed by atoms with E-state index in [4.69, 9.17) is 9.15 Å². The van der Waals surface area contributed by atoms with Crippen LogP contribution in [0.1, 0.15) is 27.4 Å². The molecule has 30 heavy (non-hydrogen) atoms. The number of anilines is 1. The minimum atomic E-state index is -0.356. The van der Waals surface area contributed by atoms with E-state index in [0.29, 0.717) is 18.1 Å². The summed E-state index contributed by atoms with van der Waals surface area (Å²) in [5, 5.41) is 7.15. The molecule has 0 aliphatic carbocycles. The summed E-state index contributed by atoms with van der Waals surface area (Å²) >= 11 is 3.38. The number of hydrogen-bond donors (Lipinski definition) is 1. The molecular weight excluding hydrogens is 446 g/mol. The molecule has 4 aromatic rings. The van der Waals surface area contributed by atoms with Crippen molar-refractivity contribution in [2.75, 3.05) is 5.32 Å². The molecule has 0 radical (unpaired) electrons. The molecule has 1 amide bonds. The normalized spacial score (nSPS) is 10.7. The lowest BCUT2D eigenvalue weighted by Crippen LogP contribution is -2.12. The summed E-state index contributed by atoms with van der Waals surface area (Å²) in [7, 11) is 0. The molecule has 0 saturated heterocycles. The average Bonchev–Trinajstić information content (AvgIpc) is 3.39. The van der Waals surface area contributed by atoms with E-state index < -0.39 is 0 Å². The topological polar surface area (TPSA) is 69.3 Å². The lowest BCUT2D eigenvalue weighted by atomic mass is 10.1. The first-order chi connectivity index (χ1) is 14.5. The largest absolute Gasteiger partial charge is 0.486 e. The predicted molar refractivity (Wildman–Crippen MR) is 118 cm³/mol. The molecule has 0 aliphatic rings. The Morgan fingerprint density at radius 3 is 2.60 bits per heavy atom. The Balaban J connectivity index is 1.32. The van der Waals surface area contributed by atoms with Crippen LogP contribution in [0.2, 0.25) is 0 Å². The molecule has 0 aliphatic heterocycles. The fourth-order valence-electron chi connectivity index (χ4n) is 2.84. The van der Waals surface area contributed by atoms with Crippen LogP contribution < -0.4 is 10.1 Å². The molecule has 0 unspecified atom stereocenters. The van der Waals surface area contributed by atoms with Gasteiger partial charge in [-0.2, -0.15) is 5.10 Å².